The fourth-order valence-electron chi connectivity index (χ4n) is 4.75. The van der Waals surface area contributed by atoms with Gasteiger partial charge in [-0.2, -0.15) is 0 Å². The molecule has 0 heterocycles. The second-order valence-corrected chi connectivity index (χ2v) is 11.6. The van der Waals surface area contributed by atoms with Crippen molar-refractivity contribution in [2.24, 2.45) is 0 Å². The smallest absolute Gasteiger partial charge is 0.306 e. The molecule has 1 N–H and O–H groups in total. The van der Waals surface area contributed by atoms with Gasteiger partial charge in [-0.25, -0.2) is 0 Å². The molecule has 0 spiro atoms. The molecule has 0 aliphatic heterocycles. The third-order valence-electron chi connectivity index (χ3n) is 7.12. The molecule has 1 rings (SSSR count). The minimum Gasteiger partial charge on any atom is -0.508 e. The molecule has 0 aliphatic rings. The number of phenols is 1. The van der Waals surface area contributed by atoms with Crippen molar-refractivity contribution in [2.75, 3.05) is 6.61 Å². The van der Waals surface area contributed by atoms with E-state index in [0.717, 1.165) is 29.5 Å². The molecule has 1 aromatic rings. The summed E-state index contributed by atoms with van der Waals surface area (Å²) in [4.78, 5) is 12.2. The molecule has 0 unspecified atom stereocenters. The van der Waals surface area contributed by atoms with Crippen molar-refractivity contribution in [1.29, 1.82) is 0 Å². The standard InChI is InChI=1S/C32H56O3/c1-6-7-8-9-10-11-12-13-14-15-16-17-18-19-20-21-24-35-31(34)23-22-28-26-29(32(3,4)5)30(33)25-27(28)2/h25-26,33H,6-24H2,1-5H3. The molecule has 0 saturated carbocycles. The van der Waals surface area contributed by atoms with E-state index in [1.165, 1.54) is 89.9 Å². The summed E-state index contributed by atoms with van der Waals surface area (Å²) in [7, 11) is 0. The SMILES string of the molecule is CCCCCCCCCCCCCCCCCCOC(=O)CCc1cc(C(C)(C)C)c(O)cc1C. The Bertz CT molecular complexity index is 687. The van der Waals surface area contributed by atoms with Crippen LogP contribution in [0.2, 0.25) is 0 Å². The van der Waals surface area contributed by atoms with Crippen molar-refractivity contribution in [3.05, 3.63) is 28.8 Å². The maximum absolute atomic E-state index is 12.2. The highest BCUT2D eigenvalue weighted by atomic mass is 16.5. The number of phenolic OH excluding ortho intramolecular Hbond substituents is 1. The Labute approximate surface area is 217 Å². The summed E-state index contributed by atoms with van der Waals surface area (Å²) in [5, 5.41) is 10.3. The van der Waals surface area contributed by atoms with Crippen LogP contribution in [0.4, 0.5) is 0 Å². The van der Waals surface area contributed by atoms with E-state index in [4.69, 9.17) is 4.74 Å². The van der Waals surface area contributed by atoms with Gasteiger partial charge >= 0.3 is 5.97 Å². The number of unbranched alkanes of at least 4 members (excludes halogenated alkanes) is 15. The number of rotatable bonds is 20. The summed E-state index contributed by atoms with van der Waals surface area (Å²) in [6, 6.07) is 3.87. The number of aryl methyl sites for hydroxylation is 2. The minimum atomic E-state index is -0.125. The van der Waals surface area contributed by atoms with Gasteiger partial charge in [-0.1, -0.05) is 130 Å². The molecule has 3 heteroatoms. The van der Waals surface area contributed by atoms with Gasteiger partial charge in [-0.05, 0) is 47.9 Å². The molecule has 0 fully saturated rings. The highest BCUT2D eigenvalue weighted by molar-refractivity contribution is 5.69. The molecule has 0 aliphatic carbocycles. The van der Waals surface area contributed by atoms with Crippen LogP contribution in [0.25, 0.3) is 0 Å². The average Bonchev–Trinajstić information content (AvgIpc) is 2.79. The zero-order valence-corrected chi connectivity index (χ0v) is 23.9. The minimum absolute atomic E-state index is 0.115. The number of esters is 1. The van der Waals surface area contributed by atoms with E-state index in [0.29, 0.717) is 25.2 Å². The van der Waals surface area contributed by atoms with Crippen molar-refractivity contribution in [3.8, 4) is 5.75 Å². The second-order valence-electron chi connectivity index (χ2n) is 11.6. The van der Waals surface area contributed by atoms with Crippen LogP contribution in [-0.2, 0) is 21.4 Å². The third-order valence-corrected chi connectivity index (χ3v) is 7.12. The van der Waals surface area contributed by atoms with Crippen LogP contribution in [0, 0.1) is 6.92 Å². The number of carbonyl (C=O) groups is 1. The van der Waals surface area contributed by atoms with Crippen LogP contribution < -0.4 is 0 Å². The summed E-state index contributed by atoms with van der Waals surface area (Å²) in [5.41, 5.74) is 2.95. The van der Waals surface area contributed by atoms with E-state index in [-0.39, 0.29) is 11.4 Å². The topological polar surface area (TPSA) is 46.5 Å². The van der Waals surface area contributed by atoms with Crippen molar-refractivity contribution < 1.29 is 14.6 Å². The Kier molecular flexibility index (Phi) is 16.9. The van der Waals surface area contributed by atoms with Gasteiger partial charge in [-0.3, -0.25) is 4.79 Å². The van der Waals surface area contributed by atoms with E-state index in [1.54, 1.807) is 0 Å². The molecule has 0 saturated heterocycles. The molecule has 1 aromatic carbocycles. The molecular weight excluding hydrogens is 432 g/mol. The van der Waals surface area contributed by atoms with Crippen LogP contribution in [0.15, 0.2) is 12.1 Å². The van der Waals surface area contributed by atoms with Crippen LogP contribution in [0.1, 0.15) is 154 Å². The van der Waals surface area contributed by atoms with Gasteiger partial charge in [-0.15, -0.1) is 0 Å². The van der Waals surface area contributed by atoms with Gasteiger partial charge in [0.25, 0.3) is 0 Å². The predicted octanol–water partition coefficient (Wildman–Crippen LogP) is 9.74. The number of hydrogen-bond donors (Lipinski definition) is 1. The lowest BCUT2D eigenvalue weighted by molar-refractivity contribution is -0.143. The van der Waals surface area contributed by atoms with E-state index in [2.05, 4.69) is 27.7 Å². The third kappa shape index (κ3) is 15.3. The molecule has 0 radical (unpaired) electrons. The first-order valence-corrected chi connectivity index (χ1v) is 14.7. The zero-order chi connectivity index (χ0) is 25.9. The maximum atomic E-state index is 12.2. The highest BCUT2D eigenvalue weighted by Crippen LogP contribution is 2.33. The van der Waals surface area contributed by atoms with E-state index < -0.39 is 0 Å². The molecule has 35 heavy (non-hydrogen) atoms. The van der Waals surface area contributed by atoms with Crippen molar-refractivity contribution in [3.63, 3.8) is 0 Å². The van der Waals surface area contributed by atoms with Gasteiger partial charge in [0.2, 0.25) is 0 Å². The first-order chi connectivity index (χ1) is 16.8. The van der Waals surface area contributed by atoms with Crippen LogP contribution in [-0.4, -0.2) is 17.7 Å². The molecular formula is C32H56O3. The Hall–Kier alpha value is -1.51. The number of benzene rings is 1. The van der Waals surface area contributed by atoms with Gasteiger partial charge in [0.05, 0.1) is 6.61 Å². The first-order valence-electron chi connectivity index (χ1n) is 14.7. The molecule has 0 bridgehead atoms. The van der Waals surface area contributed by atoms with Gasteiger partial charge in [0.15, 0.2) is 0 Å². The quantitative estimate of drug-likeness (QED) is 0.147. The highest BCUT2D eigenvalue weighted by Gasteiger charge is 2.20. The summed E-state index contributed by atoms with van der Waals surface area (Å²) in [6.45, 7) is 11.1. The fraction of sp³-hybridized carbons (Fsp3) is 0.781. The molecule has 0 atom stereocenters. The normalized spacial score (nSPS) is 11.7. The lowest BCUT2D eigenvalue weighted by Crippen LogP contribution is -2.13. The lowest BCUT2D eigenvalue weighted by Gasteiger charge is -2.22. The largest absolute Gasteiger partial charge is 0.508 e. The van der Waals surface area contributed by atoms with Crippen LogP contribution in [0.5, 0.6) is 5.75 Å². The Morgan fingerprint density at radius 2 is 1.23 bits per heavy atom. The van der Waals surface area contributed by atoms with Crippen LogP contribution >= 0.6 is 0 Å². The van der Waals surface area contributed by atoms with Gasteiger partial charge < -0.3 is 9.84 Å². The van der Waals surface area contributed by atoms with E-state index in [1.807, 2.05) is 19.1 Å². The van der Waals surface area contributed by atoms with Crippen LogP contribution in [0.3, 0.4) is 0 Å². The van der Waals surface area contributed by atoms with Crippen molar-refractivity contribution in [2.45, 2.75) is 156 Å². The molecule has 3 nitrogen and oxygen atoms in total. The lowest BCUT2D eigenvalue weighted by atomic mass is 9.84. The summed E-state index contributed by atoms with van der Waals surface area (Å²) in [5.74, 6) is 0.223. The predicted molar refractivity (Wildman–Crippen MR) is 150 cm³/mol. The first kappa shape index (κ1) is 31.5. The van der Waals surface area contributed by atoms with Gasteiger partial charge in [0.1, 0.15) is 5.75 Å². The van der Waals surface area contributed by atoms with Crippen molar-refractivity contribution >= 4 is 5.97 Å². The monoisotopic (exact) mass is 488 g/mol. The number of ether oxygens (including phenoxy) is 1. The molecule has 0 amide bonds. The molecule has 0 aromatic heterocycles. The summed E-state index contributed by atoms with van der Waals surface area (Å²) < 4.78 is 5.46. The number of aromatic hydroxyl groups is 1. The Morgan fingerprint density at radius 3 is 1.69 bits per heavy atom. The number of hydrogen-bond acceptors (Lipinski definition) is 3. The second kappa shape index (κ2) is 18.7. The van der Waals surface area contributed by atoms with E-state index >= 15 is 0 Å². The Morgan fingerprint density at radius 1 is 0.771 bits per heavy atom. The summed E-state index contributed by atoms with van der Waals surface area (Å²) >= 11 is 0. The molecule has 202 valence electrons. The van der Waals surface area contributed by atoms with Gasteiger partial charge in [0, 0.05) is 6.42 Å². The van der Waals surface area contributed by atoms with Crippen molar-refractivity contribution in [1.82, 2.24) is 0 Å². The number of carbonyl (C=O) groups excluding carboxylic acids is 1. The van der Waals surface area contributed by atoms with E-state index in [9.17, 15) is 9.90 Å². The Balaban J connectivity index is 1.98. The maximum Gasteiger partial charge on any atom is 0.306 e. The fourth-order valence-corrected chi connectivity index (χ4v) is 4.75. The zero-order valence-electron chi connectivity index (χ0n) is 23.9. The average molecular weight is 489 g/mol. The summed E-state index contributed by atoms with van der Waals surface area (Å²) in [6.07, 6.45) is 22.6.